The minimum Gasteiger partial charge on any atom is -0.480 e. The summed E-state index contributed by atoms with van der Waals surface area (Å²) in [4.78, 5) is 10.8. The molecular formula is C12H15NO5. The third-order valence-corrected chi connectivity index (χ3v) is 2.74. The van der Waals surface area contributed by atoms with Crippen LogP contribution in [0.15, 0.2) is 12.1 Å². The molecule has 1 aliphatic rings. The van der Waals surface area contributed by atoms with Crippen molar-refractivity contribution in [2.45, 2.75) is 19.1 Å². The van der Waals surface area contributed by atoms with Crippen molar-refractivity contribution in [1.82, 2.24) is 0 Å². The number of aliphatic carboxylic acids is 1. The Bertz CT molecular complexity index is 460. The predicted octanol–water partition coefficient (Wildman–Crippen LogP) is 0.516. The predicted molar refractivity (Wildman–Crippen MR) is 62.6 cm³/mol. The molecule has 1 aromatic rings. The lowest BCUT2D eigenvalue weighted by molar-refractivity contribution is -0.138. The van der Waals surface area contributed by atoms with E-state index in [9.17, 15) is 4.79 Å². The summed E-state index contributed by atoms with van der Waals surface area (Å²) in [7, 11) is 1.59. The Morgan fingerprint density at radius 2 is 2.06 bits per heavy atom. The van der Waals surface area contributed by atoms with Crippen LogP contribution in [-0.4, -0.2) is 31.0 Å². The summed E-state index contributed by atoms with van der Waals surface area (Å²) in [5.74, 6) is 0.150. The summed E-state index contributed by atoms with van der Waals surface area (Å²) in [5, 5.41) is 8.81. The van der Waals surface area contributed by atoms with Crippen molar-refractivity contribution in [3.8, 4) is 11.5 Å². The summed E-state index contributed by atoms with van der Waals surface area (Å²) >= 11 is 0. The van der Waals surface area contributed by atoms with Gasteiger partial charge in [-0.1, -0.05) is 12.1 Å². The number of carbonyl (C=O) groups is 1. The molecule has 0 aromatic heterocycles. The van der Waals surface area contributed by atoms with E-state index in [0.717, 1.165) is 11.1 Å². The number of rotatable bonds is 5. The van der Waals surface area contributed by atoms with Crippen molar-refractivity contribution in [3.05, 3.63) is 23.3 Å². The number of nitrogens with two attached hydrogens (primary N) is 1. The lowest BCUT2D eigenvalue weighted by Crippen LogP contribution is -2.32. The fourth-order valence-corrected chi connectivity index (χ4v) is 1.86. The standard InChI is InChI=1S/C12H15NO5/c1-16-5-8-3-2-7(4-9(13)12(14)15)10-11(8)18-6-17-10/h2-3,9H,4-6,13H2,1H3,(H,14,15). The zero-order valence-corrected chi connectivity index (χ0v) is 10.0. The molecule has 18 heavy (non-hydrogen) atoms. The summed E-state index contributed by atoms with van der Waals surface area (Å²) in [5.41, 5.74) is 7.13. The van der Waals surface area contributed by atoms with Crippen molar-refractivity contribution in [3.63, 3.8) is 0 Å². The molecule has 2 rings (SSSR count). The molecule has 1 aromatic carbocycles. The van der Waals surface area contributed by atoms with E-state index in [1.54, 1.807) is 13.2 Å². The molecule has 0 bridgehead atoms. The van der Waals surface area contributed by atoms with Crippen LogP contribution in [0.3, 0.4) is 0 Å². The lowest BCUT2D eigenvalue weighted by Gasteiger charge is -2.11. The maximum Gasteiger partial charge on any atom is 0.320 e. The largest absolute Gasteiger partial charge is 0.480 e. The average Bonchev–Trinajstić information content (AvgIpc) is 2.81. The second kappa shape index (κ2) is 5.24. The summed E-state index contributed by atoms with van der Waals surface area (Å²) in [6.45, 7) is 0.544. The van der Waals surface area contributed by atoms with Crippen molar-refractivity contribution >= 4 is 5.97 Å². The summed E-state index contributed by atoms with van der Waals surface area (Å²) in [6.07, 6.45) is 0.203. The first kappa shape index (κ1) is 12.7. The van der Waals surface area contributed by atoms with Crippen molar-refractivity contribution < 1.29 is 24.1 Å². The molecule has 6 heteroatoms. The normalized spacial score (nSPS) is 14.6. The number of ether oxygens (including phenoxy) is 3. The molecular weight excluding hydrogens is 238 g/mol. The summed E-state index contributed by atoms with van der Waals surface area (Å²) < 4.78 is 15.8. The van der Waals surface area contributed by atoms with Gasteiger partial charge in [0.15, 0.2) is 11.5 Å². The number of fused-ring (bicyclic) bond motifs is 1. The third kappa shape index (κ3) is 2.39. The zero-order chi connectivity index (χ0) is 13.1. The first-order valence-electron chi connectivity index (χ1n) is 5.51. The topological polar surface area (TPSA) is 91.0 Å². The van der Waals surface area contributed by atoms with E-state index in [-0.39, 0.29) is 13.2 Å². The molecule has 1 aliphatic heterocycles. The molecule has 0 amide bonds. The van der Waals surface area contributed by atoms with Gasteiger partial charge >= 0.3 is 5.97 Å². The number of hydrogen-bond donors (Lipinski definition) is 2. The zero-order valence-electron chi connectivity index (χ0n) is 10.0. The van der Waals surface area contributed by atoms with E-state index in [2.05, 4.69) is 0 Å². The van der Waals surface area contributed by atoms with Crippen LogP contribution in [0.1, 0.15) is 11.1 Å². The van der Waals surface area contributed by atoms with Crippen molar-refractivity contribution in [1.29, 1.82) is 0 Å². The fraction of sp³-hybridized carbons (Fsp3) is 0.417. The molecule has 0 spiro atoms. The highest BCUT2D eigenvalue weighted by Gasteiger charge is 2.24. The Kier molecular flexibility index (Phi) is 3.69. The average molecular weight is 253 g/mol. The van der Waals surface area contributed by atoms with E-state index in [1.165, 1.54) is 0 Å². The molecule has 1 heterocycles. The van der Waals surface area contributed by atoms with Gasteiger partial charge in [0.05, 0.1) is 6.61 Å². The molecule has 1 unspecified atom stereocenters. The molecule has 0 radical (unpaired) electrons. The SMILES string of the molecule is COCc1ccc(CC(N)C(=O)O)c2c1OCO2. The molecule has 6 nitrogen and oxygen atoms in total. The van der Waals surface area contributed by atoms with E-state index in [0.29, 0.717) is 18.1 Å². The van der Waals surface area contributed by atoms with Crippen molar-refractivity contribution in [2.75, 3.05) is 13.9 Å². The molecule has 0 saturated heterocycles. The third-order valence-electron chi connectivity index (χ3n) is 2.74. The number of hydrogen-bond acceptors (Lipinski definition) is 5. The van der Waals surface area contributed by atoms with Crippen LogP contribution in [-0.2, 0) is 22.6 Å². The lowest BCUT2D eigenvalue weighted by atomic mass is 10.0. The van der Waals surface area contributed by atoms with Gasteiger partial charge in [-0.25, -0.2) is 0 Å². The smallest absolute Gasteiger partial charge is 0.320 e. The highest BCUT2D eigenvalue weighted by atomic mass is 16.7. The van der Waals surface area contributed by atoms with Crippen LogP contribution in [0.2, 0.25) is 0 Å². The maximum atomic E-state index is 10.8. The van der Waals surface area contributed by atoms with Gasteiger partial charge in [-0.2, -0.15) is 0 Å². The fourth-order valence-electron chi connectivity index (χ4n) is 1.86. The Balaban J connectivity index is 2.28. The molecule has 0 fully saturated rings. The molecule has 98 valence electrons. The highest BCUT2D eigenvalue weighted by molar-refractivity contribution is 5.74. The Morgan fingerprint density at radius 1 is 1.44 bits per heavy atom. The Morgan fingerprint density at radius 3 is 2.67 bits per heavy atom. The number of carboxylic acid groups (broad SMARTS) is 1. The van der Waals surface area contributed by atoms with E-state index >= 15 is 0 Å². The van der Waals surface area contributed by atoms with E-state index in [4.69, 9.17) is 25.1 Å². The maximum absolute atomic E-state index is 10.8. The van der Waals surface area contributed by atoms with Crippen LogP contribution in [0.25, 0.3) is 0 Å². The van der Waals surface area contributed by atoms with Gasteiger partial charge in [0.2, 0.25) is 6.79 Å². The van der Waals surface area contributed by atoms with Gasteiger partial charge in [-0.15, -0.1) is 0 Å². The first-order valence-corrected chi connectivity index (χ1v) is 5.51. The van der Waals surface area contributed by atoms with Crippen LogP contribution < -0.4 is 15.2 Å². The van der Waals surface area contributed by atoms with Crippen LogP contribution >= 0.6 is 0 Å². The number of benzene rings is 1. The van der Waals surface area contributed by atoms with Gasteiger partial charge in [-0.05, 0) is 0 Å². The molecule has 3 N–H and O–H groups in total. The second-order valence-corrected chi connectivity index (χ2v) is 4.03. The van der Waals surface area contributed by atoms with Crippen molar-refractivity contribution in [2.24, 2.45) is 5.73 Å². The van der Waals surface area contributed by atoms with E-state index < -0.39 is 12.0 Å². The number of carboxylic acids is 1. The van der Waals surface area contributed by atoms with Crippen LogP contribution in [0, 0.1) is 0 Å². The van der Waals surface area contributed by atoms with Crippen LogP contribution in [0.5, 0.6) is 11.5 Å². The monoisotopic (exact) mass is 253 g/mol. The number of methoxy groups -OCH3 is 1. The summed E-state index contributed by atoms with van der Waals surface area (Å²) in [6, 6.07) is 2.68. The van der Waals surface area contributed by atoms with Gasteiger partial charge in [-0.3, -0.25) is 4.79 Å². The second-order valence-electron chi connectivity index (χ2n) is 4.03. The van der Waals surface area contributed by atoms with Gasteiger partial charge in [0, 0.05) is 24.7 Å². The minimum absolute atomic E-state index is 0.130. The quantitative estimate of drug-likeness (QED) is 0.794. The molecule has 0 aliphatic carbocycles. The molecule has 1 atom stereocenters. The first-order chi connectivity index (χ1) is 8.63. The minimum atomic E-state index is -1.04. The van der Waals surface area contributed by atoms with Crippen LogP contribution in [0.4, 0.5) is 0 Å². The van der Waals surface area contributed by atoms with Gasteiger partial charge < -0.3 is 25.1 Å². The Hall–Kier alpha value is -1.79. The Labute approximate surface area is 104 Å². The van der Waals surface area contributed by atoms with Gasteiger partial charge in [0.25, 0.3) is 0 Å². The molecule has 0 saturated carbocycles. The highest BCUT2D eigenvalue weighted by Crippen LogP contribution is 2.39. The van der Waals surface area contributed by atoms with E-state index in [1.807, 2.05) is 6.07 Å². The van der Waals surface area contributed by atoms with Gasteiger partial charge in [0.1, 0.15) is 6.04 Å².